The van der Waals surface area contributed by atoms with Gasteiger partial charge in [0.25, 0.3) is 0 Å². The number of hydrogen-bond donors (Lipinski definition) is 2. The number of halogens is 1. The zero-order valence-electron chi connectivity index (χ0n) is 14.7. The van der Waals surface area contributed by atoms with Gasteiger partial charge in [-0.05, 0) is 47.7 Å². The number of anilines is 2. The first-order valence-electron chi connectivity index (χ1n) is 8.67. The van der Waals surface area contributed by atoms with Crippen LogP contribution in [-0.2, 0) is 6.42 Å². The molecule has 0 saturated heterocycles. The van der Waals surface area contributed by atoms with Gasteiger partial charge in [-0.1, -0.05) is 48.9 Å². The molecule has 0 bridgehead atoms. The number of nitrogens with one attached hydrogen (secondary N) is 1. The van der Waals surface area contributed by atoms with Gasteiger partial charge in [-0.25, -0.2) is 9.78 Å². The molecule has 0 fully saturated rings. The number of hydrogen-bond acceptors (Lipinski definition) is 3. The summed E-state index contributed by atoms with van der Waals surface area (Å²) in [5, 5.41) is 16.2. The number of carbonyl (C=O) groups is 1. The van der Waals surface area contributed by atoms with Crippen LogP contribution < -0.4 is 5.32 Å². The minimum absolute atomic E-state index is 0.217. The molecule has 0 atom stereocenters. The lowest BCUT2D eigenvalue weighted by Crippen LogP contribution is -1.99. The molecule has 0 saturated carbocycles. The Morgan fingerprint density at radius 1 is 1.04 bits per heavy atom. The molecular weight excluding hydrogens is 360 g/mol. The van der Waals surface area contributed by atoms with E-state index in [-0.39, 0.29) is 5.56 Å². The topological polar surface area (TPSA) is 62.2 Å². The summed E-state index contributed by atoms with van der Waals surface area (Å²) in [4.78, 5) is 16.1. The number of aromatic nitrogens is 1. The van der Waals surface area contributed by atoms with Crippen LogP contribution in [0.4, 0.5) is 11.5 Å². The third-order valence-electron chi connectivity index (χ3n) is 4.60. The highest BCUT2D eigenvalue weighted by atomic mass is 35.5. The van der Waals surface area contributed by atoms with Gasteiger partial charge in [-0.15, -0.1) is 0 Å². The molecule has 5 heteroatoms. The van der Waals surface area contributed by atoms with Crippen LogP contribution in [0.25, 0.3) is 21.7 Å². The molecule has 27 heavy (non-hydrogen) atoms. The van der Waals surface area contributed by atoms with Gasteiger partial charge in [0, 0.05) is 21.5 Å². The van der Waals surface area contributed by atoms with Gasteiger partial charge >= 0.3 is 5.97 Å². The fraction of sp³-hybridized carbons (Fsp3) is 0.0909. The van der Waals surface area contributed by atoms with Gasteiger partial charge < -0.3 is 10.4 Å². The zero-order valence-corrected chi connectivity index (χ0v) is 15.4. The minimum Gasteiger partial charge on any atom is -0.478 e. The van der Waals surface area contributed by atoms with Crippen molar-refractivity contribution in [2.75, 3.05) is 5.32 Å². The Bertz CT molecular complexity index is 1190. The molecular formula is C22H17ClN2O2. The van der Waals surface area contributed by atoms with Crippen molar-refractivity contribution in [2.45, 2.75) is 13.3 Å². The number of carboxylic acids is 1. The van der Waals surface area contributed by atoms with E-state index in [1.807, 2.05) is 30.3 Å². The van der Waals surface area contributed by atoms with Crippen LogP contribution in [0, 0.1) is 0 Å². The Morgan fingerprint density at radius 2 is 1.85 bits per heavy atom. The normalized spacial score (nSPS) is 11.0. The molecule has 2 N–H and O–H groups in total. The average Bonchev–Trinajstić information content (AvgIpc) is 2.67. The Balaban J connectivity index is 1.98. The lowest BCUT2D eigenvalue weighted by Gasteiger charge is -2.13. The van der Waals surface area contributed by atoms with Gasteiger partial charge in [0.2, 0.25) is 0 Å². The van der Waals surface area contributed by atoms with E-state index in [1.54, 1.807) is 12.1 Å². The highest BCUT2D eigenvalue weighted by Crippen LogP contribution is 2.33. The van der Waals surface area contributed by atoms with Crippen molar-refractivity contribution in [1.29, 1.82) is 0 Å². The number of rotatable bonds is 4. The fourth-order valence-corrected chi connectivity index (χ4v) is 3.39. The SMILES string of the molecule is CCc1ccc2c(Nc3cccc(Cl)c3)nc3cc(C(=O)O)ccc3c2c1. The molecule has 0 aliphatic carbocycles. The summed E-state index contributed by atoms with van der Waals surface area (Å²) >= 11 is 6.09. The Hall–Kier alpha value is -3.11. The van der Waals surface area contributed by atoms with E-state index in [1.165, 1.54) is 5.56 Å². The molecule has 0 spiro atoms. The highest BCUT2D eigenvalue weighted by molar-refractivity contribution is 6.30. The Labute approximate surface area is 161 Å². The molecule has 4 nitrogen and oxygen atoms in total. The molecule has 1 heterocycles. The van der Waals surface area contributed by atoms with Crippen molar-refractivity contribution < 1.29 is 9.90 Å². The summed E-state index contributed by atoms with van der Waals surface area (Å²) in [7, 11) is 0. The predicted octanol–water partition coefficient (Wildman–Crippen LogP) is 6.05. The van der Waals surface area contributed by atoms with Crippen LogP contribution in [0.3, 0.4) is 0 Å². The second kappa shape index (κ2) is 6.89. The van der Waals surface area contributed by atoms with Crippen LogP contribution in [0.15, 0.2) is 60.7 Å². The monoisotopic (exact) mass is 376 g/mol. The number of carboxylic acid groups (broad SMARTS) is 1. The summed E-state index contributed by atoms with van der Waals surface area (Å²) in [6.45, 7) is 2.11. The van der Waals surface area contributed by atoms with Crippen LogP contribution in [0.2, 0.25) is 5.02 Å². The number of pyridine rings is 1. The molecule has 3 aromatic carbocycles. The van der Waals surface area contributed by atoms with Gasteiger partial charge in [-0.2, -0.15) is 0 Å². The van der Waals surface area contributed by atoms with E-state index in [9.17, 15) is 9.90 Å². The van der Waals surface area contributed by atoms with Crippen molar-refractivity contribution in [3.63, 3.8) is 0 Å². The maximum absolute atomic E-state index is 11.4. The predicted molar refractivity (Wildman–Crippen MR) is 110 cm³/mol. The molecule has 134 valence electrons. The fourth-order valence-electron chi connectivity index (χ4n) is 3.20. The van der Waals surface area contributed by atoms with Crippen molar-refractivity contribution in [1.82, 2.24) is 4.98 Å². The smallest absolute Gasteiger partial charge is 0.335 e. The largest absolute Gasteiger partial charge is 0.478 e. The Kier molecular flexibility index (Phi) is 4.42. The first kappa shape index (κ1) is 17.3. The molecule has 0 amide bonds. The third-order valence-corrected chi connectivity index (χ3v) is 4.84. The van der Waals surface area contributed by atoms with Crippen LogP contribution in [-0.4, -0.2) is 16.1 Å². The summed E-state index contributed by atoms with van der Waals surface area (Å²) in [5.41, 5.74) is 2.89. The van der Waals surface area contributed by atoms with E-state index in [4.69, 9.17) is 16.6 Å². The summed E-state index contributed by atoms with van der Waals surface area (Å²) in [6, 6.07) is 18.8. The first-order chi connectivity index (χ1) is 13.0. The van der Waals surface area contributed by atoms with E-state index < -0.39 is 5.97 Å². The van der Waals surface area contributed by atoms with Crippen molar-refractivity contribution in [3.05, 3.63) is 76.8 Å². The van der Waals surface area contributed by atoms with Gasteiger partial charge in [0.15, 0.2) is 0 Å². The lowest BCUT2D eigenvalue weighted by atomic mass is 10.0. The zero-order chi connectivity index (χ0) is 19.0. The molecule has 0 unspecified atom stereocenters. The molecule has 1 aromatic heterocycles. The maximum atomic E-state index is 11.4. The van der Waals surface area contributed by atoms with Gasteiger partial charge in [0.1, 0.15) is 5.82 Å². The first-order valence-corrected chi connectivity index (χ1v) is 9.05. The quantitative estimate of drug-likeness (QED) is 0.426. The number of benzene rings is 3. The van der Waals surface area contributed by atoms with E-state index in [2.05, 4.69) is 30.4 Å². The summed E-state index contributed by atoms with van der Waals surface area (Å²) < 4.78 is 0. The molecule has 4 rings (SSSR count). The molecule has 0 aliphatic heterocycles. The molecule has 4 aromatic rings. The molecule has 0 radical (unpaired) electrons. The minimum atomic E-state index is -0.967. The lowest BCUT2D eigenvalue weighted by molar-refractivity contribution is 0.0697. The van der Waals surface area contributed by atoms with Gasteiger partial charge in [-0.3, -0.25) is 0 Å². The van der Waals surface area contributed by atoms with Crippen molar-refractivity contribution >= 4 is 50.8 Å². The Morgan fingerprint density at radius 3 is 2.59 bits per heavy atom. The molecule has 0 aliphatic rings. The van der Waals surface area contributed by atoms with Crippen LogP contribution >= 0.6 is 11.6 Å². The van der Waals surface area contributed by atoms with Gasteiger partial charge in [0.05, 0.1) is 11.1 Å². The van der Waals surface area contributed by atoms with Crippen molar-refractivity contribution in [2.24, 2.45) is 0 Å². The summed E-state index contributed by atoms with van der Waals surface area (Å²) in [6.07, 6.45) is 0.921. The average molecular weight is 377 g/mol. The number of nitrogens with zero attached hydrogens (tertiary/aromatic N) is 1. The highest BCUT2D eigenvalue weighted by Gasteiger charge is 2.12. The maximum Gasteiger partial charge on any atom is 0.335 e. The van der Waals surface area contributed by atoms with E-state index >= 15 is 0 Å². The second-order valence-corrected chi connectivity index (χ2v) is 6.80. The number of aromatic carboxylic acids is 1. The number of aryl methyl sites for hydroxylation is 1. The number of fused-ring (bicyclic) bond motifs is 3. The standard InChI is InChI=1S/C22H17ClN2O2/c1-2-13-6-8-18-19(10-13)17-9-7-14(22(26)27)11-20(17)25-21(18)24-16-5-3-4-15(23)12-16/h3-12H,2H2,1H3,(H,24,25)(H,26,27). The van der Waals surface area contributed by atoms with E-state index in [0.717, 1.165) is 28.3 Å². The third kappa shape index (κ3) is 3.32. The van der Waals surface area contributed by atoms with Crippen molar-refractivity contribution in [3.8, 4) is 0 Å². The second-order valence-electron chi connectivity index (χ2n) is 6.37. The van der Waals surface area contributed by atoms with Crippen LogP contribution in [0.5, 0.6) is 0 Å². The summed E-state index contributed by atoms with van der Waals surface area (Å²) in [5.74, 6) is -0.296. The van der Waals surface area contributed by atoms with Crippen LogP contribution in [0.1, 0.15) is 22.8 Å². The van der Waals surface area contributed by atoms with E-state index in [0.29, 0.717) is 16.4 Å².